The first-order valence-electron chi connectivity index (χ1n) is 9.25. The van der Waals surface area contributed by atoms with Crippen molar-refractivity contribution in [1.82, 2.24) is 10.2 Å². The van der Waals surface area contributed by atoms with Crippen molar-refractivity contribution in [2.24, 2.45) is 5.92 Å². The van der Waals surface area contributed by atoms with Gasteiger partial charge in [-0.15, -0.1) is 0 Å². The second-order valence-electron chi connectivity index (χ2n) is 6.70. The van der Waals surface area contributed by atoms with Gasteiger partial charge in [0.25, 0.3) is 0 Å². The maximum absolute atomic E-state index is 12.0. The molecule has 1 N–H and O–H groups in total. The number of ether oxygens (including phenoxy) is 2. The first-order valence-corrected chi connectivity index (χ1v) is 9.25. The Kier molecular flexibility index (Phi) is 6.89. The van der Waals surface area contributed by atoms with Gasteiger partial charge in [0, 0.05) is 32.6 Å². The van der Waals surface area contributed by atoms with E-state index < -0.39 is 0 Å². The van der Waals surface area contributed by atoms with Gasteiger partial charge < -0.3 is 14.8 Å². The van der Waals surface area contributed by atoms with Gasteiger partial charge in [-0.3, -0.25) is 9.69 Å². The summed E-state index contributed by atoms with van der Waals surface area (Å²) in [6.07, 6.45) is 7.10. The third-order valence-electron chi connectivity index (χ3n) is 4.73. The van der Waals surface area contributed by atoms with Gasteiger partial charge >= 0.3 is 0 Å². The molecule has 1 amide bonds. The first kappa shape index (κ1) is 18.0. The number of nitrogens with zero attached hydrogens (tertiary/aromatic N) is 1. The van der Waals surface area contributed by atoms with Crippen LogP contribution in [0.15, 0.2) is 36.4 Å². The number of hydrogen-bond donors (Lipinski definition) is 1. The molecule has 5 nitrogen and oxygen atoms in total. The topological polar surface area (TPSA) is 50.8 Å². The Bertz CT molecular complexity index is 582. The third kappa shape index (κ3) is 6.18. The molecule has 5 heteroatoms. The first-order chi connectivity index (χ1) is 12.3. The quantitative estimate of drug-likeness (QED) is 0.736. The number of rotatable bonds is 8. The summed E-state index contributed by atoms with van der Waals surface area (Å²) in [7, 11) is 0. The van der Waals surface area contributed by atoms with Crippen molar-refractivity contribution < 1.29 is 14.3 Å². The molecular formula is C20H28N2O3. The number of amides is 1. The molecule has 0 bridgehead atoms. The number of morpholine rings is 1. The minimum absolute atomic E-state index is 0.121. The average molecular weight is 344 g/mol. The van der Waals surface area contributed by atoms with Crippen molar-refractivity contribution >= 4 is 5.91 Å². The summed E-state index contributed by atoms with van der Waals surface area (Å²) >= 11 is 0. The summed E-state index contributed by atoms with van der Waals surface area (Å²) in [4.78, 5) is 14.4. The lowest BCUT2D eigenvalue weighted by molar-refractivity contribution is -0.121. The second-order valence-corrected chi connectivity index (χ2v) is 6.70. The molecule has 1 aliphatic carbocycles. The van der Waals surface area contributed by atoms with Gasteiger partial charge in [-0.1, -0.05) is 24.3 Å². The molecule has 1 aromatic rings. The van der Waals surface area contributed by atoms with Gasteiger partial charge in [0.15, 0.2) is 0 Å². The normalized spacial score (nSPS) is 20.6. The van der Waals surface area contributed by atoms with Crippen LogP contribution < -0.4 is 10.1 Å². The number of hydrogen-bond acceptors (Lipinski definition) is 4. The Balaban J connectivity index is 1.38. The van der Waals surface area contributed by atoms with Crippen LogP contribution in [-0.4, -0.2) is 50.3 Å². The van der Waals surface area contributed by atoms with E-state index in [4.69, 9.17) is 9.47 Å². The number of benzene rings is 1. The van der Waals surface area contributed by atoms with Crippen molar-refractivity contribution in [3.05, 3.63) is 42.0 Å². The molecule has 1 atom stereocenters. The maximum atomic E-state index is 12.0. The SMILES string of the molecule is O=C(C[C@H]1C=CCC1)NCc1cccc(OCCN2CCOCC2)c1. The summed E-state index contributed by atoms with van der Waals surface area (Å²) in [5, 5.41) is 3.01. The van der Waals surface area contributed by atoms with Crippen molar-refractivity contribution in [3.63, 3.8) is 0 Å². The Morgan fingerprint density at radius 1 is 1.32 bits per heavy atom. The summed E-state index contributed by atoms with van der Waals surface area (Å²) in [6, 6.07) is 7.97. The summed E-state index contributed by atoms with van der Waals surface area (Å²) in [6.45, 7) is 5.72. The predicted octanol–water partition coefficient (Wildman–Crippen LogP) is 2.37. The molecule has 0 unspecified atom stereocenters. The van der Waals surface area contributed by atoms with Crippen molar-refractivity contribution in [2.45, 2.75) is 25.8 Å². The van der Waals surface area contributed by atoms with E-state index in [0.29, 0.717) is 25.5 Å². The van der Waals surface area contributed by atoms with Crippen LogP contribution >= 0.6 is 0 Å². The summed E-state index contributed by atoms with van der Waals surface area (Å²) < 4.78 is 11.2. The molecule has 25 heavy (non-hydrogen) atoms. The van der Waals surface area contributed by atoms with Crippen LogP contribution in [0, 0.1) is 5.92 Å². The van der Waals surface area contributed by atoms with E-state index in [1.54, 1.807) is 0 Å². The lowest BCUT2D eigenvalue weighted by atomic mass is 10.1. The van der Waals surface area contributed by atoms with E-state index in [0.717, 1.165) is 57.0 Å². The van der Waals surface area contributed by atoms with E-state index in [-0.39, 0.29) is 5.91 Å². The molecule has 0 spiro atoms. The molecule has 1 saturated heterocycles. The predicted molar refractivity (Wildman–Crippen MR) is 97.5 cm³/mol. The van der Waals surface area contributed by atoms with Crippen molar-refractivity contribution in [2.75, 3.05) is 39.5 Å². The lowest BCUT2D eigenvalue weighted by Gasteiger charge is -2.26. The van der Waals surface area contributed by atoms with Crippen LogP contribution in [0.1, 0.15) is 24.8 Å². The third-order valence-corrected chi connectivity index (χ3v) is 4.73. The van der Waals surface area contributed by atoms with Crippen LogP contribution in [0.3, 0.4) is 0 Å². The summed E-state index contributed by atoms with van der Waals surface area (Å²) in [5.74, 6) is 1.39. The molecule has 1 heterocycles. The van der Waals surface area contributed by atoms with E-state index in [1.807, 2.05) is 24.3 Å². The Morgan fingerprint density at radius 2 is 2.20 bits per heavy atom. The van der Waals surface area contributed by atoms with Crippen LogP contribution in [0.5, 0.6) is 5.75 Å². The molecule has 1 fully saturated rings. The fraction of sp³-hybridized carbons (Fsp3) is 0.550. The number of allylic oxidation sites excluding steroid dienone is 2. The number of carbonyl (C=O) groups excluding carboxylic acids is 1. The Morgan fingerprint density at radius 3 is 3.00 bits per heavy atom. The fourth-order valence-corrected chi connectivity index (χ4v) is 3.24. The standard InChI is InChI=1S/C20H28N2O3/c23-20(15-17-4-1-2-5-17)21-16-18-6-3-7-19(14-18)25-13-10-22-8-11-24-12-9-22/h1,3-4,6-7,14,17H,2,5,8-13,15-16H2,(H,21,23)/t17-/m0/s1. The van der Waals surface area contributed by atoms with Gasteiger partial charge in [-0.25, -0.2) is 0 Å². The highest BCUT2D eigenvalue weighted by atomic mass is 16.5. The number of carbonyl (C=O) groups is 1. The minimum Gasteiger partial charge on any atom is -0.492 e. The molecule has 136 valence electrons. The van der Waals surface area contributed by atoms with Gasteiger partial charge in [0.2, 0.25) is 5.91 Å². The van der Waals surface area contributed by atoms with Crippen molar-refractivity contribution in [1.29, 1.82) is 0 Å². The van der Waals surface area contributed by atoms with Gasteiger partial charge in [-0.2, -0.15) is 0 Å². The van der Waals surface area contributed by atoms with Gasteiger partial charge in [-0.05, 0) is 36.5 Å². The van der Waals surface area contributed by atoms with Gasteiger partial charge in [0.05, 0.1) is 13.2 Å². The molecule has 2 aliphatic rings. The molecule has 0 radical (unpaired) electrons. The zero-order valence-corrected chi connectivity index (χ0v) is 14.8. The van der Waals surface area contributed by atoms with Crippen LogP contribution in [-0.2, 0) is 16.1 Å². The highest BCUT2D eigenvalue weighted by Crippen LogP contribution is 2.20. The van der Waals surface area contributed by atoms with E-state index in [2.05, 4.69) is 22.4 Å². The van der Waals surface area contributed by atoms with E-state index in [1.165, 1.54) is 0 Å². The largest absolute Gasteiger partial charge is 0.492 e. The molecule has 0 aromatic heterocycles. The van der Waals surface area contributed by atoms with E-state index >= 15 is 0 Å². The average Bonchev–Trinajstić information content (AvgIpc) is 3.14. The Labute approximate surface area is 150 Å². The van der Waals surface area contributed by atoms with Crippen molar-refractivity contribution in [3.8, 4) is 5.75 Å². The molecule has 1 aromatic carbocycles. The maximum Gasteiger partial charge on any atom is 0.220 e. The lowest BCUT2D eigenvalue weighted by Crippen LogP contribution is -2.38. The highest BCUT2D eigenvalue weighted by molar-refractivity contribution is 5.76. The van der Waals surface area contributed by atoms with Crippen LogP contribution in [0.25, 0.3) is 0 Å². The Hall–Kier alpha value is -1.85. The highest BCUT2D eigenvalue weighted by Gasteiger charge is 2.13. The molecule has 1 aliphatic heterocycles. The zero-order chi connectivity index (χ0) is 17.3. The van der Waals surface area contributed by atoms with Gasteiger partial charge in [0.1, 0.15) is 12.4 Å². The number of nitrogens with one attached hydrogen (secondary N) is 1. The minimum atomic E-state index is 0.121. The van der Waals surface area contributed by atoms with E-state index in [9.17, 15) is 4.79 Å². The smallest absolute Gasteiger partial charge is 0.220 e. The molecule has 0 saturated carbocycles. The van der Waals surface area contributed by atoms with Crippen LogP contribution in [0.2, 0.25) is 0 Å². The van der Waals surface area contributed by atoms with Crippen LogP contribution in [0.4, 0.5) is 0 Å². The monoisotopic (exact) mass is 344 g/mol. The summed E-state index contributed by atoms with van der Waals surface area (Å²) in [5.41, 5.74) is 1.07. The molecule has 3 rings (SSSR count). The second kappa shape index (κ2) is 9.59. The zero-order valence-electron chi connectivity index (χ0n) is 14.8. The fourth-order valence-electron chi connectivity index (χ4n) is 3.24. The molecular weight excluding hydrogens is 316 g/mol.